The van der Waals surface area contributed by atoms with Crippen LogP contribution >= 0.6 is 0 Å². The van der Waals surface area contributed by atoms with E-state index in [1.165, 1.54) is 0 Å². The molecular formula is C14H20O6. The van der Waals surface area contributed by atoms with Gasteiger partial charge in [0.1, 0.15) is 25.4 Å². The summed E-state index contributed by atoms with van der Waals surface area (Å²) in [5.74, 6) is -0.212. The summed E-state index contributed by atoms with van der Waals surface area (Å²) in [5, 5.41) is 0. The second-order valence-electron chi connectivity index (χ2n) is 5.42. The molecule has 3 rings (SSSR count). The Kier molecular flexibility index (Phi) is 4.67. The van der Waals surface area contributed by atoms with Gasteiger partial charge in [0.15, 0.2) is 0 Å². The Morgan fingerprint density at radius 3 is 2.40 bits per heavy atom. The second-order valence-corrected chi connectivity index (χ2v) is 5.42. The summed E-state index contributed by atoms with van der Waals surface area (Å²) in [6.45, 7) is 2.66. The van der Waals surface area contributed by atoms with Crippen molar-refractivity contribution in [1.29, 1.82) is 0 Å². The van der Waals surface area contributed by atoms with Crippen LogP contribution in [0.1, 0.15) is 12.8 Å². The maximum Gasteiger partial charge on any atom is 0.309 e. The average Bonchev–Trinajstić information content (AvgIpc) is 3.36. The molecule has 2 heterocycles. The fraction of sp³-hybridized carbons (Fsp3) is 0.786. The van der Waals surface area contributed by atoms with Crippen LogP contribution in [-0.2, 0) is 28.8 Å². The lowest BCUT2D eigenvalue weighted by Gasteiger charge is -2.26. The molecule has 0 amide bonds. The van der Waals surface area contributed by atoms with E-state index in [9.17, 15) is 4.79 Å². The highest BCUT2D eigenvalue weighted by molar-refractivity contribution is 5.73. The Labute approximate surface area is 117 Å². The Morgan fingerprint density at radius 1 is 1.00 bits per heavy atom. The van der Waals surface area contributed by atoms with Crippen LogP contribution in [0, 0.1) is 11.8 Å². The molecule has 0 N–H and O–H groups in total. The number of rotatable bonds is 8. The quantitative estimate of drug-likeness (QED) is 0.164. The van der Waals surface area contributed by atoms with Gasteiger partial charge in [-0.25, -0.2) is 9.78 Å². The van der Waals surface area contributed by atoms with E-state index in [2.05, 4.69) is 6.08 Å². The highest BCUT2D eigenvalue weighted by Crippen LogP contribution is 2.27. The predicted molar refractivity (Wildman–Crippen MR) is 67.7 cm³/mol. The zero-order valence-corrected chi connectivity index (χ0v) is 11.4. The molecule has 2 aliphatic heterocycles. The third-order valence-electron chi connectivity index (χ3n) is 3.70. The molecule has 3 aliphatic rings. The topological polar surface area (TPSA) is 69.8 Å². The van der Waals surface area contributed by atoms with Crippen molar-refractivity contribution in [3.63, 3.8) is 0 Å². The summed E-state index contributed by atoms with van der Waals surface area (Å²) in [6.07, 6.45) is 5.89. The molecule has 0 spiro atoms. The highest BCUT2D eigenvalue weighted by Gasteiger charge is 2.33. The number of epoxide rings is 2. The number of hydrogen-bond donors (Lipinski definition) is 0. The summed E-state index contributed by atoms with van der Waals surface area (Å²) >= 11 is 0. The molecule has 112 valence electrons. The summed E-state index contributed by atoms with van der Waals surface area (Å²) in [4.78, 5) is 22.3. The van der Waals surface area contributed by atoms with Crippen molar-refractivity contribution in [3.05, 3.63) is 12.2 Å². The van der Waals surface area contributed by atoms with Gasteiger partial charge in [-0.05, 0) is 12.8 Å². The zero-order chi connectivity index (χ0) is 13.8. The lowest BCUT2D eigenvalue weighted by Crippen LogP contribution is -2.31. The van der Waals surface area contributed by atoms with Crippen molar-refractivity contribution >= 4 is 5.97 Å². The van der Waals surface area contributed by atoms with E-state index >= 15 is 0 Å². The van der Waals surface area contributed by atoms with Crippen LogP contribution in [0.3, 0.4) is 0 Å². The Bertz CT molecular complexity index is 361. The van der Waals surface area contributed by atoms with Gasteiger partial charge in [-0.2, -0.15) is 0 Å². The predicted octanol–water partition coefficient (Wildman–Crippen LogP) is 0.858. The Hall–Kier alpha value is -0.950. The van der Waals surface area contributed by atoms with E-state index in [1.807, 2.05) is 6.08 Å². The Morgan fingerprint density at radius 2 is 1.65 bits per heavy atom. The van der Waals surface area contributed by atoms with E-state index < -0.39 is 0 Å². The summed E-state index contributed by atoms with van der Waals surface area (Å²) in [7, 11) is 0. The molecular weight excluding hydrogens is 264 g/mol. The van der Waals surface area contributed by atoms with E-state index in [0.29, 0.717) is 32.8 Å². The molecule has 0 aromatic rings. The number of esters is 1. The van der Waals surface area contributed by atoms with E-state index in [0.717, 1.165) is 13.0 Å². The van der Waals surface area contributed by atoms with E-state index in [-0.39, 0.29) is 30.0 Å². The smallest absolute Gasteiger partial charge is 0.309 e. The molecule has 0 aromatic heterocycles. The van der Waals surface area contributed by atoms with Crippen molar-refractivity contribution in [2.24, 2.45) is 11.8 Å². The first-order valence-corrected chi connectivity index (χ1v) is 7.12. The summed E-state index contributed by atoms with van der Waals surface area (Å²) in [5.41, 5.74) is 0. The van der Waals surface area contributed by atoms with Gasteiger partial charge in [-0.3, -0.25) is 4.79 Å². The average molecular weight is 284 g/mol. The maximum absolute atomic E-state index is 12.1. The van der Waals surface area contributed by atoms with Crippen LogP contribution in [0.4, 0.5) is 0 Å². The molecule has 6 heteroatoms. The fourth-order valence-corrected chi connectivity index (χ4v) is 2.21. The van der Waals surface area contributed by atoms with Gasteiger partial charge in [0.25, 0.3) is 0 Å². The van der Waals surface area contributed by atoms with Crippen LogP contribution in [0.15, 0.2) is 12.2 Å². The molecule has 0 aromatic carbocycles. The first-order chi connectivity index (χ1) is 9.83. The fourth-order valence-electron chi connectivity index (χ4n) is 2.21. The number of hydrogen-bond acceptors (Lipinski definition) is 6. The molecule has 1 aliphatic carbocycles. The molecule has 20 heavy (non-hydrogen) atoms. The largest absolute Gasteiger partial charge is 0.463 e. The molecule has 2 fully saturated rings. The lowest BCUT2D eigenvalue weighted by molar-refractivity contribution is -0.304. The number of carbonyl (C=O) groups excluding carboxylic acids is 1. The molecule has 4 atom stereocenters. The third kappa shape index (κ3) is 4.28. The molecule has 6 nitrogen and oxygen atoms in total. The van der Waals surface area contributed by atoms with Crippen LogP contribution < -0.4 is 0 Å². The standard InChI is InChI=1S/C14H20O6/c15-14(18-8-11-6-16-11)13-4-2-1-3-10(13)5-19-20-9-12-7-17-12/h1-2,10-13H,3-9H2. The van der Waals surface area contributed by atoms with Crippen molar-refractivity contribution in [2.75, 3.05) is 33.0 Å². The van der Waals surface area contributed by atoms with Gasteiger partial charge in [0.05, 0.1) is 25.7 Å². The summed E-state index contributed by atoms with van der Waals surface area (Å²) in [6, 6.07) is 0. The van der Waals surface area contributed by atoms with Gasteiger partial charge in [0, 0.05) is 5.92 Å². The van der Waals surface area contributed by atoms with Gasteiger partial charge in [-0.15, -0.1) is 0 Å². The minimum atomic E-state index is -0.163. The zero-order valence-electron chi connectivity index (χ0n) is 11.4. The minimum absolute atomic E-state index is 0.104. The monoisotopic (exact) mass is 284 g/mol. The van der Waals surface area contributed by atoms with Crippen LogP contribution in [0.2, 0.25) is 0 Å². The third-order valence-corrected chi connectivity index (χ3v) is 3.70. The first kappa shape index (κ1) is 14.0. The Balaban J connectivity index is 1.39. The minimum Gasteiger partial charge on any atom is -0.463 e. The van der Waals surface area contributed by atoms with Gasteiger partial charge >= 0.3 is 5.97 Å². The van der Waals surface area contributed by atoms with E-state index in [4.69, 9.17) is 24.0 Å². The number of carbonyl (C=O) groups is 1. The van der Waals surface area contributed by atoms with Crippen molar-refractivity contribution in [1.82, 2.24) is 0 Å². The van der Waals surface area contributed by atoms with Crippen LogP contribution in [0.5, 0.6) is 0 Å². The second kappa shape index (κ2) is 6.67. The van der Waals surface area contributed by atoms with Crippen molar-refractivity contribution in [3.8, 4) is 0 Å². The van der Waals surface area contributed by atoms with Gasteiger partial charge in [-0.1, -0.05) is 12.2 Å². The first-order valence-electron chi connectivity index (χ1n) is 7.12. The molecule has 0 bridgehead atoms. The van der Waals surface area contributed by atoms with Crippen LogP contribution in [0.25, 0.3) is 0 Å². The SMILES string of the molecule is O=C(OCC1CO1)C1CC=CCC1COOCC1CO1. The lowest BCUT2D eigenvalue weighted by atomic mass is 9.83. The molecule has 0 radical (unpaired) electrons. The maximum atomic E-state index is 12.1. The molecule has 4 unspecified atom stereocenters. The van der Waals surface area contributed by atoms with Crippen LogP contribution in [-0.4, -0.2) is 51.2 Å². The highest BCUT2D eigenvalue weighted by atomic mass is 17.2. The van der Waals surface area contributed by atoms with E-state index in [1.54, 1.807) is 0 Å². The summed E-state index contributed by atoms with van der Waals surface area (Å²) < 4.78 is 15.3. The number of allylic oxidation sites excluding steroid dienone is 2. The van der Waals surface area contributed by atoms with Crippen molar-refractivity contribution in [2.45, 2.75) is 25.0 Å². The molecule has 0 saturated carbocycles. The van der Waals surface area contributed by atoms with Gasteiger partial charge < -0.3 is 14.2 Å². The molecule has 2 saturated heterocycles. The van der Waals surface area contributed by atoms with Crippen molar-refractivity contribution < 1.29 is 28.8 Å². The normalized spacial score (nSPS) is 34.8. The number of ether oxygens (including phenoxy) is 3. The van der Waals surface area contributed by atoms with Gasteiger partial charge in [0.2, 0.25) is 0 Å².